The first-order valence-corrected chi connectivity index (χ1v) is 6.39. The second-order valence-electron chi connectivity index (χ2n) is 4.48. The number of ether oxygens (including phenoxy) is 1. The SMILES string of the molecule is CC(N)c1ncc(OC2=CC=C(F)C(Cl)C2C)cn1. The number of alkyl halides is 1. The van der Waals surface area contributed by atoms with Crippen LogP contribution in [0.15, 0.2) is 36.1 Å². The lowest BCUT2D eigenvalue weighted by Gasteiger charge is -2.23. The Morgan fingerprint density at radius 3 is 2.58 bits per heavy atom. The Morgan fingerprint density at radius 1 is 1.37 bits per heavy atom. The molecule has 3 atom stereocenters. The second-order valence-corrected chi connectivity index (χ2v) is 4.95. The van der Waals surface area contributed by atoms with Crippen molar-refractivity contribution in [1.82, 2.24) is 9.97 Å². The summed E-state index contributed by atoms with van der Waals surface area (Å²) in [6.07, 6.45) is 5.96. The molecule has 6 heteroatoms. The van der Waals surface area contributed by atoms with Crippen LogP contribution in [-0.4, -0.2) is 15.3 Å². The zero-order chi connectivity index (χ0) is 14.0. The lowest BCUT2D eigenvalue weighted by Crippen LogP contribution is -2.21. The number of rotatable bonds is 3. The Labute approximate surface area is 116 Å². The fourth-order valence-corrected chi connectivity index (χ4v) is 1.86. The average molecular weight is 284 g/mol. The van der Waals surface area contributed by atoms with Crippen molar-refractivity contribution in [1.29, 1.82) is 0 Å². The smallest absolute Gasteiger partial charge is 0.163 e. The summed E-state index contributed by atoms with van der Waals surface area (Å²) in [5.41, 5.74) is 5.66. The first-order valence-electron chi connectivity index (χ1n) is 5.95. The van der Waals surface area contributed by atoms with Crippen LogP contribution in [0.4, 0.5) is 4.39 Å². The van der Waals surface area contributed by atoms with Gasteiger partial charge in [-0.15, -0.1) is 11.6 Å². The van der Waals surface area contributed by atoms with Crippen LogP contribution in [-0.2, 0) is 0 Å². The van der Waals surface area contributed by atoms with E-state index in [-0.39, 0.29) is 17.8 Å². The second kappa shape index (κ2) is 5.67. The van der Waals surface area contributed by atoms with E-state index in [9.17, 15) is 4.39 Å². The number of nitrogens with two attached hydrogens (primary N) is 1. The lowest BCUT2D eigenvalue weighted by molar-refractivity contribution is 0.340. The first kappa shape index (κ1) is 14.0. The molecule has 0 saturated heterocycles. The average Bonchev–Trinajstić information content (AvgIpc) is 2.40. The Balaban J connectivity index is 2.13. The van der Waals surface area contributed by atoms with Crippen LogP contribution in [0.3, 0.4) is 0 Å². The van der Waals surface area contributed by atoms with E-state index in [1.54, 1.807) is 19.9 Å². The topological polar surface area (TPSA) is 61.0 Å². The molecule has 0 fully saturated rings. The largest absolute Gasteiger partial charge is 0.458 e. The molecule has 0 aliphatic heterocycles. The van der Waals surface area contributed by atoms with Gasteiger partial charge in [0.25, 0.3) is 0 Å². The van der Waals surface area contributed by atoms with Crippen LogP contribution < -0.4 is 10.5 Å². The minimum atomic E-state index is -0.704. The van der Waals surface area contributed by atoms with Crippen molar-refractivity contribution in [2.45, 2.75) is 25.3 Å². The quantitative estimate of drug-likeness (QED) is 0.867. The van der Waals surface area contributed by atoms with Gasteiger partial charge in [0.2, 0.25) is 0 Å². The first-order chi connectivity index (χ1) is 8.99. The van der Waals surface area contributed by atoms with Gasteiger partial charge in [-0.2, -0.15) is 0 Å². The summed E-state index contributed by atoms with van der Waals surface area (Å²) in [5.74, 6) is 0.990. The maximum absolute atomic E-state index is 13.3. The molecule has 2 N–H and O–H groups in total. The molecule has 0 radical (unpaired) electrons. The van der Waals surface area contributed by atoms with Crippen molar-refractivity contribution in [2.75, 3.05) is 0 Å². The Kier molecular flexibility index (Phi) is 4.17. The van der Waals surface area contributed by atoms with E-state index in [0.29, 0.717) is 17.3 Å². The van der Waals surface area contributed by atoms with E-state index >= 15 is 0 Å². The minimum Gasteiger partial charge on any atom is -0.458 e. The summed E-state index contributed by atoms with van der Waals surface area (Å²) in [5, 5.41) is -0.704. The Morgan fingerprint density at radius 2 is 2.00 bits per heavy atom. The van der Waals surface area contributed by atoms with Gasteiger partial charge in [-0.05, 0) is 19.1 Å². The summed E-state index contributed by atoms with van der Waals surface area (Å²) in [7, 11) is 0. The molecule has 19 heavy (non-hydrogen) atoms. The molecule has 2 rings (SSSR count). The number of hydrogen-bond donors (Lipinski definition) is 1. The predicted molar refractivity (Wildman–Crippen MR) is 71.3 cm³/mol. The van der Waals surface area contributed by atoms with Crippen LogP contribution in [0.1, 0.15) is 25.7 Å². The lowest BCUT2D eigenvalue weighted by atomic mass is 9.99. The standard InChI is InChI=1S/C13H15ClFN3O/c1-7-11(4-3-10(15)12(7)14)19-9-5-17-13(8(2)16)18-6-9/h3-8,12H,16H2,1-2H3. The van der Waals surface area contributed by atoms with E-state index in [2.05, 4.69) is 9.97 Å². The molecular formula is C13H15ClFN3O. The Hall–Kier alpha value is -1.46. The molecule has 0 aromatic carbocycles. The number of nitrogens with zero attached hydrogens (tertiary/aromatic N) is 2. The van der Waals surface area contributed by atoms with Crippen LogP contribution in [0, 0.1) is 5.92 Å². The van der Waals surface area contributed by atoms with Crippen molar-refractivity contribution >= 4 is 11.6 Å². The molecular weight excluding hydrogens is 269 g/mol. The highest BCUT2D eigenvalue weighted by molar-refractivity contribution is 6.22. The van der Waals surface area contributed by atoms with Gasteiger partial charge in [-0.25, -0.2) is 14.4 Å². The zero-order valence-corrected chi connectivity index (χ0v) is 11.4. The van der Waals surface area contributed by atoms with Crippen LogP contribution in [0.5, 0.6) is 5.75 Å². The fraction of sp³-hybridized carbons (Fsp3) is 0.385. The van der Waals surface area contributed by atoms with E-state index in [0.717, 1.165) is 0 Å². The highest BCUT2D eigenvalue weighted by Gasteiger charge is 2.27. The Bertz CT molecular complexity index is 513. The van der Waals surface area contributed by atoms with Gasteiger partial charge in [0.15, 0.2) is 5.75 Å². The van der Waals surface area contributed by atoms with E-state index < -0.39 is 5.38 Å². The molecule has 1 aromatic heterocycles. The highest BCUT2D eigenvalue weighted by Crippen LogP contribution is 2.31. The molecule has 0 amide bonds. The molecule has 0 spiro atoms. The van der Waals surface area contributed by atoms with E-state index in [1.807, 2.05) is 0 Å². The van der Waals surface area contributed by atoms with Crippen LogP contribution >= 0.6 is 11.6 Å². The molecule has 1 aliphatic rings. The van der Waals surface area contributed by atoms with Gasteiger partial charge in [0.1, 0.15) is 17.4 Å². The summed E-state index contributed by atoms with van der Waals surface area (Å²) < 4.78 is 18.9. The molecule has 102 valence electrons. The van der Waals surface area contributed by atoms with E-state index in [4.69, 9.17) is 22.1 Å². The molecule has 1 aromatic rings. The molecule has 3 unspecified atom stereocenters. The minimum absolute atomic E-state index is 0.230. The molecule has 4 nitrogen and oxygen atoms in total. The van der Waals surface area contributed by atoms with E-state index in [1.165, 1.54) is 18.5 Å². The monoisotopic (exact) mass is 283 g/mol. The van der Waals surface area contributed by atoms with Gasteiger partial charge in [-0.3, -0.25) is 0 Å². The van der Waals surface area contributed by atoms with Crippen molar-refractivity contribution < 1.29 is 9.13 Å². The van der Waals surface area contributed by atoms with Gasteiger partial charge < -0.3 is 10.5 Å². The summed E-state index contributed by atoms with van der Waals surface area (Å²) in [4.78, 5) is 8.18. The van der Waals surface area contributed by atoms with Gasteiger partial charge in [0.05, 0.1) is 23.8 Å². The molecule has 1 aliphatic carbocycles. The summed E-state index contributed by atoms with van der Waals surface area (Å²) in [6.45, 7) is 3.60. The third-order valence-electron chi connectivity index (χ3n) is 2.85. The maximum Gasteiger partial charge on any atom is 0.163 e. The van der Waals surface area contributed by atoms with Crippen molar-refractivity contribution in [3.05, 3.63) is 42.0 Å². The van der Waals surface area contributed by atoms with Crippen molar-refractivity contribution in [2.24, 2.45) is 11.7 Å². The molecule has 0 saturated carbocycles. The molecule has 0 bridgehead atoms. The summed E-state index contributed by atoms with van der Waals surface area (Å²) >= 11 is 5.93. The number of aromatic nitrogens is 2. The highest BCUT2D eigenvalue weighted by atomic mass is 35.5. The normalized spacial score (nSPS) is 24.5. The summed E-state index contributed by atoms with van der Waals surface area (Å²) in [6, 6.07) is -0.230. The number of halogens is 2. The maximum atomic E-state index is 13.3. The predicted octanol–water partition coefficient (Wildman–Crippen LogP) is 2.87. The van der Waals surface area contributed by atoms with Crippen LogP contribution in [0.2, 0.25) is 0 Å². The van der Waals surface area contributed by atoms with Gasteiger partial charge in [-0.1, -0.05) is 6.92 Å². The zero-order valence-electron chi connectivity index (χ0n) is 10.7. The van der Waals surface area contributed by atoms with Gasteiger partial charge in [0, 0.05) is 5.92 Å². The fourth-order valence-electron chi connectivity index (χ4n) is 1.67. The van der Waals surface area contributed by atoms with Crippen molar-refractivity contribution in [3.63, 3.8) is 0 Å². The van der Waals surface area contributed by atoms with Crippen molar-refractivity contribution in [3.8, 4) is 5.75 Å². The molecule has 1 heterocycles. The van der Waals surface area contributed by atoms with Crippen LogP contribution in [0.25, 0.3) is 0 Å². The third-order valence-corrected chi connectivity index (χ3v) is 3.44. The number of hydrogen-bond acceptors (Lipinski definition) is 4. The third kappa shape index (κ3) is 3.11. The number of allylic oxidation sites excluding steroid dienone is 4. The van der Waals surface area contributed by atoms with Gasteiger partial charge >= 0.3 is 0 Å².